The summed E-state index contributed by atoms with van der Waals surface area (Å²) in [4.78, 5) is 0. The van der Waals surface area contributed by atoms with E-state index < -0.39 is 0 Å². The Labute approximate surface area is 370 Å². The summed E-state index contributed by atoms with van der Waals surface area (Å²) in [5.41, 5.74) is 9.26. The standard InChI is InChI=1S/C30H37N.C29H35N/c1-2-3-4-5-6-7-8-9-13-22-30(25-31)23-20-29(21-24-30)28-18-16-27(17-19-28)26-14-11-10-12-15-26;1-2-3-4-5-6-7-8-12-21-29(24-30)22-19-28(20-23-29)27-17-15-26(16-18-27)25-13-10-9-11-14-25/h10-12,14-21,23H,2-9,13,22,24H2,1H3;9-11,13-20,22H,2-8,12,21,23H2,1H3. The first-order chi connectivity index (χ1) is 30.0. The highest BCUT2D eigenvalue weighted by Crippen LogP contribution is 2.39. The van der Waals surface area contributed by atoms with E-state index in [-0.39, 0.29) is 10.8 Å². The minimum Gasteiger partial charge on any atom is -0.197 e. The highest BCUT2D eigenvalue weighted by atomic mass is 14.4. The van der Waals surface area contributed by atoms with Crippen LogP contribution in [0.15, 0.2) is 146 Å². The van der Waals surface area contributed by atoms with Crippen molar-refractivity contribution < 1.29 is 0 Å². The van der Waals surface area contributed by atoms with Gasteiger partial charge in [-0.3, -0.25) is 0 Å². The molecule has 0 radical (unpaired) electrons. The molecule has 0 heterocycles. The van der Waals surface area contributed by atoms with Crippen molar-refractivity contribution in [2.75, 3.05) is 0 Å². The van der Waals surface area contributed by atoms with E-state index in [4.69, 9.17) is 0 Å². The zero-order valence-electron chi connectivity index (χ0n) is 37.6. The maximum Gasteiger partial charge on any atom is 0.0791 e. The van der Waals surface area contributed by atoms with Crippen LogP contribution in [0.25, 0.3) is 33.4 Å². The highest BCUT2D eigenvalue weighted by molar-refractivity contribution is 5.78. The molecule has 61 heavy (non-hydrogen) atoms. The zero-order valence-corrected chi connectivity index (χ0v) is 37.6. The predicted octanol–water partition coefficient (Wildman–Crippen LogP) is 17.9. The largest absolute Gasteiger partial charge is 0.197 e. The summed E-state index contributed by atoms with van der Waals surface area (Å²) in [5.74, 6) is 0. The molecule has 4 aromatic carbocycles. The van der Waals surface area contributed by atoms with Gasteiger partial charge in [0.2, 0.25) is 0 Å². The number of rotatable bonds is 23. The van der Waals surface area contributed by atoms with E-state index in [0.29, 0.717) is 0 Å². The van der Waals surface area contributed by atoms with E-state index in [2.05, 4.69) is 160 Å². The Kier molecular flexibility index (Phi) is 20.2. The van der Waals surface area contributed by atoms with Gasteiger partial charge in [0.25, 0.3) is 0 Å². The first-order valence-corrected chi connectivity index (χ1v) is 24.0. The van der Waals surface area contributed by atoms with E-state index in [9.17, 15) is 10.5 Å². The number of nitrogens with zero attached hydrogens (tertiary/aromatic N) is 2. The highest BCUT2D eigenvalue weighted by Gasteiger charge is 2.29. The number of hydrogen-bond acceptors (Lipinski definition) is 2. The normalized spacial score (nSPS) is 18.0. The average molecular weight is 809 g/mol. The SMILES string of the molecule is CCCCCCCCCCC1(C#N)C=CC(c2ccc(-c3ccccc3)cc2)=CC1.CCCCCCCCCCCC1(C#N)C=CC(c2ccc(-c3ccccc3)cc2)=CC1. The molecule has 6 rings (SSSR count). The van der Waals surface area contributed by atoms with Gasteiger partial charge in [-0.05, 0) is 70.2 Å². The molecule has 2 atom stereocenters. The molecular formula is C59H72N2. The van der Waals surface area contributed by atoms with Crippen LogP contribution in [0.1, 0.15) is 160 Å². The number of hydrogen-bond donors (Lipinski definition) is 0. The molecule has 0 fully saturated rings. The first-order valence-electron chi connectivity index (χ1n) is 24.0. The minimum atomic E-state index is -0.311. The Morgan fingerprint density at radius 2 is 0.672 bits per heavy atom. The van der Waals surface area contributed by atoms with Crippen molar-refractivity contribution in [1.82, 2.24) is 0 Å². The fourth-order valence-corrected chi connectivity index (χ4v) is 8.73. The predicted molar refractivity (Wildman–Crippen MR) is 262 cm³/mol. The summed E-state index contributed by atoms with van der Waals surface area (Å²) >= 11 is 0. The smallest absolute Gasteiger partial charge is 0.0791 e. The van der Waals surface area contributed by atoms with Gasteiger partial charge in [-0.1, -0.05) is 269 Å². The molecule has 0 aromatic heterocycles. The third kappa shape index (κ3) is 15.3. The Balaban J connectivity index is 0.000000231. The van der Waals surface area contributed by atoms with Crippen LogP contribution in [0, 0.1) is 33.5 Å². The molecule has 2 heteroatoms. The van der Waals surface area contributed by atoms with Crippen LogP contribution in [0.2, 0.25) is 0 Å². The molecule has 0 aliphatic heterocycles. The molecule has 2 unspecified atom stereocenters. The molecule has 0 saturated carbocycles. The van der Waals surface area contributed by atoms with Gasteiger partial charge in [0.05, 0.1) is 23.0 Å². The summed E-state index contributed by atoms with van der Waals surface area (Å²) in [7, 11) is 0. The molecule has 2 aliphatic carbocycles. The van der Waals surface area contributed by atoms with Gasteiger partial charge in [0.15, 0.2) is 0 Å². The van der Waals surface area contributed by atoms with Gasteiger partial charge in [0, 0.05) is 0 Å². The van der Waals surface area contributed by atoms with Crippen molar-refractivity contribution in [3.05, 3.63) is 157 Å². The van der Waals surface area contributed by atoms with Crippen molar-refractivity contribution in [2.45, 2.75) is 149 Å². The second-order valence-electron chi connectivity index (χ2n) is 17.6. The van der Waals surface area contributed by atoms with Gasteiger partial charge in [-0.25, -0.2) is 0 Å². The number of nitriles is 2. The third-order valence-electron chi connectivity index (χ3n) is 12.8. The van der Waals surface area contributed by atoms with Gasteiger partial charge in [-0.2, -0.15) is 10.5 Å². The molecule has 0 saturated heterocycles. The molecule has 4 aromatic rings. The van der Waals surface area contributed by atoms with Crippen LogP contribution in [0.3, 0.4) is 0 Å². The van der Waals surface area contributed by atoms with Crippen LogP contribution in [0.4, 0.5) is 0 Å². The Morgan fingerprint density at radius 1 is 0.377 bits per heavy atom. The van der Waals surface area contributed by atoms with Gasteiger partial charge >= 0.3 is 0 Å². The molecule has 0 amide bonds. The van der Waals surface area contributed by atoms with Crippen LogP contribution in [-0.4, -0.2) is 0 Å². The van der Waals surface area contributed by atoms with Gasteiger partial charge in [-0.15, -0.1) is 0 Å². The molecule has 2 nitrogen and oxygen atoms in total. The topological polar surface area (TPSA) is 47.6 Å². The lowest BCUT2D eigenvalue weighted by atomic mass is 9.76. The van der Waals surface area contributed by atoms with E-state index in [1.54, 1.807) is 0 Å². The first kappa shape index (κ1) is 46.9. The quantitative estimate of drug-likeness (QED) is 0.0701. The number of allylic oxidation sites excluding steroid dienone is 8. The molecule has 318 valence electrons. The van der Waals surface area contributed by atoms with E-state index in [1.807, 2.05) is 12.1 Å². The van der Waals surface area contributed by atoms with Crippen LogP contribution >= 0.6 is 0 Å². The van der Waals surface area contributed by atoms with Crippen LogP contribution in [-0.2, 0) is 0 Å². The molecule has 0 spiro atoms. The summed E-state index contributed by atoms with van der Waals surface area (Å²) in [6.07, 6.45) is 39.2. The second kappa shape index (κ2) is 26.2. The van der Waals surface area contributed by atoms with E-state index >= 15 is 0 Å². The Bertz CT molecular complexity index is 2050. The van der Waals surface area contributed by atoms with Gasteiger partial charge < -0.3 is 0 Å². The minimum absolute atomic E-state index is 0.310. The van der Waals surface area contributed by atoms with E-state index in [1.165, 1.54) is 141 Å². The lowest BCUT2D eigenvalue weighted by Crippen LogP contribution is -2.17. The van der Waals surface area contributed by atoms with Crippen LogP contribution in [0.5, 0.6) is 0 Å². The third-order valence-corrected chi connectivity index (χ3v) is 12.8. The summed E-state index contributed by atoms with van der Waals surface area (Å²) in [6, 6.07) is 43.7. The fraction of sp³-hybridized carbons (Fsp3) is 0.424. The number of unbranched alkanes of at least 4 members (excludes halogenated alkanes) is 15. The summed E-state index contributed by atoms with van der Waals surface area (Å²) in [6.45, 7) is 4.53. The molecule has 0 N–H and O–H groups in total. The van der Waals surface area contributed by atoms with Crippen molar-refractivity contribution >= 4 is 11.1 Å². The molecule has 0 bridgehead atoms. The van der Waals surface area contributed by atoms with E-state index in [0.717, 1.165) is 38.5 Å². The maximum atomic E-state index is 9.85. The van der Waals surface area contributed by atoms with Gasteiger partial charge in [0.1, 0.15) is 0 Å². The average Bonchev–Trinajstić information content (AvgIpc) is 3.33. The Hall–Kier alpha value is -5.18. The summed E-state index contributed by atoms with van der Waals surface area (Å²) in [5, 5.41) is 19.7. The molecule has 2 aliphatic rings. The maximum absolute atomic E-state index is 9.85. The lowest BCUT2D eigenvalue weighted by Gasteiger charge is -2.25. The van der Waals surface area contributed by atoms with Crippen molar-refractivity contribution in [3.63, 3.8) is 0 Å². The fourth-order valence-electron chi connectivity index (χ4n) is 8.73. The Morgan fingerprint density at radius 3 is 0.967 bits per heavy atom. The van der Waals surface area contributed by atoms with Crippen molar-refractivity contribution in [2.24, 2.45) is 10.8 Å². The molecular weight excluding hydrogens is 737 g/mol. The second-order valence-corrected chi connectivity index (χ2v) is 17.6. The van der Waals surface area contributed by atoms with Crippen molar-refractivity contribution in [3.8, 4) is 34.4 Å². The summed E-state index contributed by atoms with van der Waals surface area (Å²) < 4.78 is 0. The lowest BCUT2D eigenvalue weighted by molar-refractivity contribution is 0.431. The van der Waals surface area contributed by atoms with Crippen LogP contribution < -0.4 is 0 Å². The van der Waals surface area contributed by atoms with Crippen molar-refractivity contribution in [1.29, 1.82) is 10.5 Å². The zero-order chi connectivity index (χ0) is 42.9. The monoisotopic (exact) mass is 809 g/mol. The number of benzene rings is 4.